The van der Waals surface area contributed by atoms with Crippen LogP contribution in [0.2, 0.25) is 0 Å². The molecule has 4 heteroatoms. The molecule has 1 aromatic rings. The van der Waals surface area contributed by atoms with E-state index >= 15 is 0 Å². The van der Waals surface area contributed by atoms with Crippen molar-refractivity contribution in [2.75, 3.05) is 6.54 Å². The summed E-state index contributed by atoms with van der Waals surface area (Å²) in [7, 11) is 0. The van der Waals surface area contributed by atoms with E-state index in [2.05, 4.69) is 34.8 Å². The van der Waals surface area contributed by atoms with Gasteiger partial charge in [-0.3, -0.25) is 0 Å². The van der Waals surface area contributed by atoms with Gasteiger partial charge < -0.3 is 10.3 Å². The second kappa shape index (κ2) is 3.58. The summed E-state index contributed by atoms with van der Waals surface area (Å²) in [6.45, 7) is 5.85. The molecule has 0 saturated carbocycles. The lowest BCUT2D eigenvalue weighted by molar-refractivity contribution is 0.314. The van der Waals surface area contributed by atoms with Gasteiger partial charge in [-0.25, -0.2) is 4.98 Å². The third-order valence-electron chi connectivity index (χ3n) is 1.82. The molecule has 2 N–H and O–H groups in total. The minimum atomic E-state index is 0.128. The van der Waals surface area contributed by atoms with Crippen molar-refractivity contribution >= 4 is 15.9 Å². The van der Waals surface area contributed by atoms with E-state index in [1.54, 1.807) is 6.20 Å². The highest BCUT2D eigenvalue weighted by atomic mass is 79.9. The average Bonchev–Trinajstić information content (AvgIpc) is 2.36. The van der Waals surface area contributed by atoms with Gasteiger partial charge in [0.2, 0.25) is 0 Å². The van der Waals surface area contributed by atoms with Crippen LogP contribution in [0.15, 0.2) is 17.1 Å². The predicted molar refractivity (Wildman–Crippen MR) is 52.8 cm³/mol. The van der Waals surface area contributed by atoms with Crippen LogP contribution < -0.4 is 5.73 Å². The van der Waals surface area contributed by atoms with Gasteiger partial charge in [-0.1, -0.05) is 13.8 Å². The van der Waals surface area contributed by atoms with Crippen LogP contribution >= 0.6 is 15.9 Å². The summed E-state index contributed by atoms with van der Waals surface area (Å²) in [5, 5.41) is 0. The molecule has 3 nitrogen and oxygen atoms in total. The molecule has 0 unspecified atom stereocenters. The molecule has 1 aromatic heterocycles. The van der Waals surface area contributed by atoms with Gasteiger partial charge in [-0.05, 0) is 27.9 Å². The molecule has 1 heterocycles. The summed E-state index contributed by atoms with van der Waals surface area (Å²) in [4.78, 5) is 4.07. The van der Waals surface area contributed by atoms with Crippen molar-refractivity contribution in [3.8, 4) is 0 Å². The van der Waals surface area contributed by atoms with Crippen LogP contribution in [0.3, 0.4) is 0 Å². The van der Waals surface area contributed by atoms with Gasteiger partial charge in [0, 0.05) is 18.9 Å². The van der Waals surface area contributed by atoms with E-state index in [-0.39, 0.29) is 5.41 Å². The van der Waals surface area contributed by atoms with Crippen LogP contribution in [0.5, 0.6) is 0 Å². The Balaban J connectivity index is 2.70. The third kappa shape index (κ3) is 2.32. The molecule has 0 saturated heterocycles. The van der Waals surface area contributed by atoms with E-state index in [9.17, 15) is 0 Å². The summed E-state index contributed by atoms with van der Waals surface area (Å²) in [6.07, 6.45) is 3.72. The van der Waals surface area contributed by atoms with Crippen molar-refractivity contribution in [3.05, 3.63) is 17.1 Å². The molecule has 0 radical (unpaired) electrons. The molecule has 1 rings (SSSR count). The van der Waals surface area contributed by atoms with Crippen molar-refractivity contribution in [3.63, 3.8) is 0 Å². The summed E-state index contributed by atoms with van der Waals surface area (Å²) in [5.74, 6) is 0. The molecular weight excluding hydrogens is 218 g/mol. The van der Waals surface area contributed by atoms with Crippen LogP contribution in [-0.4, -0.2) is 16.1 Å². The van der Waals surface area contributed by atoms with E-state index in [1.807, 2.05) is 10.8 Å². The SMILES string of the molecule is CC(C)(CN)Cn1ccnc1Br. The molecule has 0 atom stereocenters. The lowest BCUT2D eigenvalue weighted by Gasteiger charge is -2.22. The van der Waals surface area contributed by atoms with Crippen molar-refractivity contribution in [2.45, 2.75) is 20.4 Å². The van der Waals surface area contributed by atoms with Crippen LogP contribution in [0, 0.1) is 5.41 Å². The minimum absolute atomic E-state index is 0.128. The van der Waals surface area contributed by atoms with Gasteiger partial charge in [0.05, 0.1) is 0 Å². The van der Waals surface area contributed by atoms with Crippen molar-refractivity contribution in [2.24, 2.45) is 11.1 Å². The molecule has 0 bridgehead atoms. The zero-order chi connectivity index (χ0) is 9.19. The summed E-state index contributed by atoms with van der Waals surface area (Å²) in [6, 6.07) is 0. The molecule has 0 fully saturated rings. The second-order valence-electron chi connectivity index (χ2n) is 3.69. The highest BCUT2D eigenvalue weighted by Gasteiger charge is 2.16. The number of nitrogens with two attached hydrogens (primary N) is 1. The zero-order valence-corrected chi connectivity index (χ0v) is 9.00. The first kappa shape index (κ1) is 9.74. The maximum atomic E-state index is 5.62. The fourth-order valence-corrected chi connectivity index (χ4v) is 1.32. The highest BCUT2D eigenvalue weighted by molar-refractivity contribution is 9.10. The number of halogens is 1. The predicted octanol–water partition coefficient (Wildman–Crippen LogP) is 1.63. The molecule has 0 spiro atoms. The normalized spacial score (nSPS) is 12.0. The molecule has 0 aliphatic carbocycles. The van der Waals surface area contributed by atoms with Gasteiger partial charge in [0.1, 0.15) is 0 Å². The largest absolute Gasteiger partial charge is 0.330 e. The second-order valence-corrected chi connectivity index (χ2v) is 4.40. The lowest BCUT2D eigenvalue weighted by atomic mass is 9.94. The maximum Gasteiger partial charge on any atom is 0.177 e. The Hall–Kier alpha value is -0.350. The Morgan fingerprint density at radius 2 is 2.33 bits per heavy atom. The Labute approximate surface area is 81.1 Å². The number of nitrogens with zero attached hydrogens (tertiary/aromatic N) is 2. The van der Waals surface area contributed by atoms with Gasteiger partial charge in [-0.2, -0.15) is 0 Å². The Bertz CT molecular complexity index is 255. The van der Waals surface area contributed by atoms with Crippen LogP contribution in [-0.2, 0) is 6.54 Å². The van der Waals surface area contributed by atoms with E-state index < -0.39 is 0 Å². The molecular formula is C8H14BrN3. The third-order valence-corrected chi connectivity index (χ3v) is 2.48. The minimum Gasteiger partial charge on any atom is -0.330 e. The average molecular weight is 232 g/mol. The highest BCUT2D eigenvalue weighted by Crippen LogP contribution is 2.18. The number of imidazole rings is 1. The first-order valence-electron chi connectivity index (χ1n) is 3.92. The first-order valence-corrected chi connectivity index (χ1v) is 4.71. The van der Waals surface area contributed by atoms with Crippen molar-refractivity contribution < 1.29 is 0 Å². The Kier molecular flexibility index (Phi) is 2.90. The summed E-state index contributed by atoms with van der Waals surface area (Å²) < 4.78 is 2.91. The van der Waals surface area contributed by atoms with Crippen molar-refractivity contribution in [1.29, 1.82) is 0 Å². The summed E-state index contributed by atoms with van der Waals surface area (Å²) >= 11 is 3.36. The number of hydrogen-bond donors (Lipinski definition) is 1. The lowest BCUT2D eigenvalue weighted by Crippen LogP contribution is -2.28. The van der Waals surface area contributed by atoms with E-state index in [0.717, 1.165) is 11.3 Å². The van der Waals surface area contributed by atoms with E-state index in [0.29, 0.717) is 6.54 Å². The molecule has 68 valence electrons. The number of rotatable bonds is 3. The molecule has 0 amide bonds. The van der Waals surface area contributed by atoms with E-state index in [4.69, 9.17) is 5.73 Å². The molecule has 0 aliphatic rings. The van der Waals surface area contributed by atoms with Gasteiger partial charge in [0.25, 0.3) is 0 Å². The maximum absolute atomic E-state index is 5.62. The van der Waals surface area contributed by atoms with Gasteiger partial charge in [-0.15, -0.1) is 0 Å². The number of hydrogen-bond acceptors (Lipinski definition) is 2. The van der Waals surface area contributed by atoms with Gasteiger partial charge in [0.15, 0.2) is 4.73 Å². The Morgan fingerprint density at radius 1 is 1.67 bits per heavy atom. The molecule has 0 aromatic carbocycles. The van der Waals surface area contributed by atoms with Crippen molar-refractivity contribution in [1.82, 2.24) is 9.55 Å². The smallest absolute Gasteiger partial charge is 0.177 e. The topological polar surface area (TPSA) is 43.8 Å². The quantitative estimate of drug-likeness (QED) is 0.860. The first-order chi connectivity index (χ1) is 5.55. The fourth-order valence-electron chi connectivity index (χ4n) is 0.955. The monoisotopic (exact) mass is 231 g/mol. The van der Waals surface area contributed by atoms with Gasteiger partial charge >= 0.3 is 0 Å². The number of aromatic nitrogens is 2. The zero-order valence-electron chi connectivity index (χ0n) is 7.42. The Morgan fingerprint density at radius 3 is 2.75 bits per heavy atom. The molecule has 12 heavy (non-hydrogen) atoms. The fraction of sp³-hybridized carbons (Fsp3) is 0.625. The van der Waals surface area contributed by atoms with Crippen LogP contribution in [0.4, 0.5) is 0 Å². The van der Waals surface area contributed by atoms with Crippen LogP contribution in [0.1, 0.15) is 13.8 Å². The van der Waals surface area contributed by atoms with Crippen LogP contribution in [0.25, 0.3) is 0 Å². The molecule has 0 aliphatic heterocycles. The summed E-state index contributed by atoms with van der Waals surface area (Å²) in [5.41, 5.74) is 5.75. The standard InChI is InChI=1S/C8H14BrN3/c1-8(2,5-10)6-12-4-3-11-7(12)9/h3-4H,5-6,10H2,1-2H3. The van der Waals surface area contributed by atoms with E-state index in [1.165, 1.54) is 0 Å².